The molecular formula is C21H24N6O5S. The van der Waals surface area contributed by atoms with E-state index in [9.17, 15) is 18.0 Å². The first kappa shape index (κ1) is 22.7. The van der Waals surface area contributed by atoms with Crippen LogP contribution in [0, 0.1) is 6.92 Å². The van der Waals surface area contributed by atoms with Crippen LogP contribution >= 0.6 is 0 Å². The lowest BCUT2D eigenvalue weighted by atomic mass is 10.1. The standard InChI is InChI=1S/C21H24N6O5S/c1-15-3-5-16(6-4-15)18-11-19(25(2)33(30,31)24-18)21(29)23-17-12-22-27(13-17)14-20(28)26-7-9-32-10-8-26/h3-6,11-13H,7-10,14H2,1-2H3,(H,23,29). The van der Waals surface area contributed by atoms with Crippen LogP contribution in [0.5, 0.6) is 0 Å². The number of carbonyl (C=O) groups is 2. The largest absolute Gasteiger partial charge is 0.378 e. The SMILES string of the molecule is Cc1ccc(C2=NS(=O)(=O)N(C)C(C(=O)Nc3cnn(CC(=O)N4CCOCC4)c3)=C2)cc1. The zero-order valence-corrected chi connectivity index (χ0v) is 19.1. The number of benzene rings is 1. The first-order chi connectivity index (χ1) is 15.7. The van der Waals surface area contributed by atoms with Crippen LogP contribution in [0.4, 0.5) is 5.69 Å². The van der Waals surface area contributed by atoms with E-state index in [0.717, 1.165) is 9.87 Å². The molecule has 0 unspecified atom stereocenters. The smallest absolute Gasteiger partial charge is 0.345 e. The predicted octanol–water partition coefficient (Wildman–Crippen LogP) is 0.552. The molecule has 4 rings (SSSR count). The van der Waals surface area contributed by atoms with Gasteiger partial charge in [0.2, 0.25) is 5.91 Å². The van der Waals surface area contributed by atoms with Crippen molar-refractivity contribution in [1.82, 2.24) is 19.0 Å². The Kier molecular flexibility index (Phi) is 6.29. The van der Waals surface area contributed by atoms with Crippen LogP contribution in [0.15, 0.2) is 52.8 Å². The van der Waals surface area contributed by atoms with Crippen molar-refractivity contribution < 1.29 is 22.7 Å². The molecular weight excluding hydrogens is 448 g/mol. The fourth-order valence-electron chi connectivity index (χ4n) is 3.39. The molecule has 174 valence electrons. The number of aromatic nitrogens is 2. The molecule has 2 aliphatic heterocycles. The summed E-state index contributed by atoms with van der Waals surface area (Å²) in [4.78, 5) is 27.0. The van der Waals surface area contributed by atoms with Crippen LogP contribution < -0.4 is 5.32 Å². The van der Waals surface area contributed by atoms with Gasteiger partial charge in [-0.3, -0.25) is 14.3 Å². The van der Waals surface area contributed by atoms with E-state index in [1.807, 2.05) is 19.1 Å². The highest BCUT2D eigenvalue weighted by Crippen LogP contribution is 2.21. The minimum atomic E-state index is -4.07. The molecule has 0 aliphatic carbocycles. The van der Waals surface area contributed by atoms with Gasteiger partial charge in [-0.1, -0.05) is 29.8 Å². The summed E-state index contributed by atoms with van der Waals surface area (Å²) >= 11 is 0. The van der Waals surface area contributed by atoms with Crippen molar-refractivity contribution >= 4 is 33.4 Å². The Morgan fingerprint density at radius 1 is 1.15 bits per heavy atom. The third-order valence-corrected chi connectivity index (χ3v) is 6.62. The number of ether oxygens (including phenoxy) is 1. The second-order valence-corrected chi connectivity index (χ2v) is 9.32. The number of carbonyl (C=O) groups excluding carboxylic acids is 2. The molecule has 0 radical (unpaired) electrons. The monoisotopic (exact) mass is 472 g/mol. The molecule has 1 saturated heterocycles. The Labute approximate surface area is 191 Å². The minimum absolute atomic E-state index is 0.0249. The second-order valence-electron chi connectivity index (χ2n) is 7.69. The molecule has 1 fully saturated rings. The molecule has 0 saturated carbocycles. The highest BCUT2D eigenvalue weighted by molar-refractivity contribution is 7.88. The Morgan fingerprint density at radius 3 is 2.55 bits per heavy atom. The second kappa shape index (κ2) is 9.16. The summed E-state index contributed by atoms with van der Waals surface area (Å²) in [6, 6.07) is 7.17. The predicted molar refractivity (Wildman–Crippen MR) is 121 cm³/mol. The number of anilines is 1. The third-order valence-electron chi connectivity index (χ3n) is 5.30. The number of rotatable bonds is 5. The lowest BCUT2D eigenvalue weighted by Gasteiger charge is -2.26. The summed E-state index contributed by atoms with van der Waals surface area (Å²) in [7, 11) is -2.80. The lowest BCUT2D eigenvalue weighted by Crippen LogP contribution is -2.42. The van der Waals surface area contributed by atoms with Gasteiger partial charge in [0.15, 0.2) is 0 Å². The number of nitrogens with zero attached hydrogens (tertiary/aromatic N) is 5. The van der Waals surface area contributed by atoms with Crippen LogP contribution in [-0.2, 0) is 31.1 Å². The first-order valence-electron chi connectivity index (χ1n) is 10.3. The van der Waals surface area contributed by atoms with Crippen molar-refractivity contribution in [2.75, 3.05) is 38.7 Å². The maximum atomic E-state index is 12.9. The molecule has 0 bridgehead atoms. The number of allylic oxidation sites excluding steroid dienone is 1. The van der Waals surface area contributed by atoms with Gasteiger partial charge < -0.3 is 15.0 Å². The maximum absolute atomic E-state index is 12.9. The van der Waals surface area contributed by atoms with E-state index in [2.05, 4.69) is 14.8 Å². The number of hydrogen-bond acceptors (Lipinski definition) is 6. The van der Waals surface area contributed by atoms with Crippen molar-refractivity contribution in [2.24, 2.45) is 4.40 Å². The third kappa shape index (κ3) is 5.12. The summed E-state index contributed by atoms with van der Waals surface area (Å²) in [6.07, 6.45) is 4.34. The average Bonchev–Trinajstić information content (AvgIpc) is 3.23. The summed E-state index contributed by atoms with van der Waals surface area (Å²) < 4.78 is 36.3. The summed E-state index contributed by atoms with van der Waals surface area (Å²) in [5.74, 6) is -0.737. The van der Waals surface area contributed by atoms with Crippen LogP contribution in [-0.4, -0.2) is 78.3 Å². The van der Waals surface area contributed by atoms with Crippen molar-refractivity contribution in [1.29, 1.82) is 0 Å². The zero-order chi connectivity index (χ0) is 23.6. The Morgan fingerprint density at radius 2 is 1.85 bits per heavy atom. The molecule has 2 aliphatic rings. The number of aryl methyl sites for hydroxylation is 1. The average molecular weight is 473 g/mol. The van der Waals surface area contributed by atoms with Crippen LogP contribution in [0.1, 0.15) is 11.1 Å². The molecule has 1 aromatic carbocycles. The van der Waals surface area contributed by atoms with Crippen LogP contribution in [0.3, 0.4) is 0 Å². The lowest BCUT2D eigenvalue weighted by molar-refractivity contribution is -0.136. The normalized spacial score (nSPS) is 17.9. The van der Waals surface area contributed by atoms with Gasteiger partial charge in [0, 0.05) is 31.9 Å². The van der Waals surface area contributed by atoms with Crippen LogP contribution in [0.2, 0.25) is 0 Å². The van der Waals surface area contributed by atoms with Crippen molar-refractivity contribution in [3.8, 4) is 0 Å². The zero-order valence-electron chi connectivity index (χ0n) is 18.3. The number of nitrogens with one attached hydrogen (secondary N) is 1. The van der Waals surface area contributed by atoms with Crippen molar-refractivity contribution in [3.63, 3.8) is 0 Å². The molecule has 2 aromatic rings. The van der Waals surface area contributed by atoms with E-state index in [-0.39, 0.29) is 23.9 Å². The minimum Gasteiger partial charge on any atom is -0.378 e. The number of hydrogen-bond donors (Lipinski definition) is 1. The Hall–Kier alpha value is -3.51. The van der Waals surface area contributed by atoms with E-state index in [1.54, 1.807) is 17.0 Å². The van der Waals surface area contributed by atoms with Gasteiger partial charge in [0.1, 0.15) is 12.2 Å². The number of likely N-dealkylation sites (N-methyl/N-ethyl adjacent to an activating group) is 1. The van der Waals surface area contributed by atoms with Gasteiger partial charge in [-0.2, -0.15) is 13.5 Å². The summed E-state index contributed by atoms with van der Waals surface area (Å²) in [5.41, 5.74) is 2.02. The van der Waals surface area contributed by atoms with Gasteiger partial charge in [0.25, 0.3) is 5.91 Å². The maximum Gasteiger partial charge on any atom is 0.345 e. The van der Waals surface area contributed by atoms with E-state index in [4.69, 9.17) is 4.74 Å². The fourth-order valence-corrected chi connectivity index (χ4v) is 4.30. The Bertz CT molecular complexity index is 1230. The molecule has 1 N–H and O–H groups in total. The van der Waals surface area contributed by atoms with Gasteiger partial charge in [-0.05, 0) is 13.0 Å². The molecule has 11 nitrogen and oxygen atoms in total. The first-order valence-corrected chi connectivity index (χ1v) is 11.7. The summed E-state index contributed by atoms with van der Waals surface area (Å²) in [5, 5.41) is 6.75. The highest BCUT2D eigenvalue weighted by atomic mass is 32.2. The summed E-state index contributed by atoms with van der Waals surface area (Å²) in [6.45, 7) is 4.02. The molecule has 33 heavy (non-hydrogen) atoms. The van der Waals surface area contributed by atoms with Gasteiger partial charge >= 0.3 is 10.2 Å². The number of amides is 2. The van der Waals surface area contributed by atoms with Gasteiger partial charge in [0.05, 0.1) is 30.8 Å². The number of morpholine rings is 1. The molecule has 0 atom stereocenters. The van der Waals surface area contributed by atoms with E-state index in [1.165, 1.54) is 30.2 Å². The fraction of sp³-hybridized carbons (Fsp3) is 0.333. The van der Waals surface area contributed by atoms with E-state index < -0.39 is 16.1 Å². The quantitative estimate of drug-likeness (QED) is 0.677. The van der Waals surface area contributed by atoms with Gasteiger partial charge in [-0.15, -0.1) is 4.40 Å². The molecule has 12 heteroatoms. The van der Waals surface area contributed by atoms with Crippen molar-refractivity contribution in [2.45, 2.75) is 13.5 Å². The Balaban J connectivity index is 1.48. The van der Waals surface area contributed by atoms with Crippen LogP contribution in [0.25, 0.3) is 0 Å². The highest BCUT2D eigenvalue weighted by Gasteiger charge is 2.30. The van der Waals surface area contributed by atoms with Gasteiger partial charge in [-0.25, -0.2) is 4.31 Å². The van der Waals surface area contributed by atoms with E-state index >= 15 is 0 Å². The molecule has 1 aromatic heterocycles. The van der Waals surface area contributed by atoms with E-state index in [0.29, 0.717) is 37.6 Å². The molecule has 2 amide bonds. The molecule has 3 heterocycles. The molecule has 0 spiro atoms. The topological polar surface area (TPSA) is 126 Å². The van der Waals surface area contributed by atoms with Crippen molar-refractivity contribution in [3.05, 3.63) is 59.6 Å².